The van der Waals surface area contributed by atoms with Gasteiger partial charge < -0.3 is 10.5 Å². The third kappa shape index (κ3) is 2.42. The van der Waals surface area contributed by atoms with Crippen molar-refractivity contribution in [2.75, 3.05) is 0 Å². The highest BCUT2D eigenvalue weighted by Gasteiger charge is 2.45. The lowest BCUT2D eigenvalue weighted by molar-refractivity contribution is -0.151. The van der Waals surface area contributed by atoms with Crippen LogP contribution in [0.15, 0.2) is 30.3 Å². The van der Waals surface area contributed by atoms with E-state index in [-0.39, 0.29) is 5.97 Å². The molecule has 1 aromatic carbocycles. The Morgan fingerprint density at radius 1 is 1.44 bits per heavy atom. The van der Waals surface area contributed by atoms with Crippen LogP contribution in [0.2, 0.25) is 0 Å². The number of ether oxygens (including phenoxy) is 1. The van der Waals surface area contributed by atoms with Crippen LogP contribution in [0.5, 0.6) is 0 Å². The summed E-state index contributed by atoms with van der Waals surface area (Å²) in [6.45, 7) is 2.07. The van der Waals surface area contributed by atoms with Crippen molar-refractivity contribution in [1.82, 2.24) is 0 Å². The summed E-state index contributed by atoms with van der Waals surface area (Å²) in [5.74, 6) is 0.00891. The Kier molecular flexibility index (Phi) is 2.97. The van der Waals surface area contributed by atoms with Crippen molar-refractivity contribution in [1.29, 1.82) is 0 Å². The van der Waals surface area contributed by atoms with Gasteiger partial charge in [0.2, 0.25) is 0 Å². The molecular weight excluding hydrogens is 202 g/mol. The molecule has 0 spiro atoms. The van der Waals surface area contributed by atoms with Crippen LogP contribution in [-0.4, -0.2) is 11.5 Å². The Hall–Kier alpha value is -1.35. The number of hydrogen-bond acceptors (Lipinski definition) is 3. The molecule has 0 heterocycles. The topological polar surface area (TPSA) is 52.3 Å². The Bertz CT molecular complexity index is 369. The van der Waals surface area contributed by atoms with Crippen molar-refractivity contribution in [3.05, 3.63) is 35.9 Å². The summed E-state index contributed by atoms with van der Waals surface area (Å²) in [5.41, 5.74) is 6.13. The monoisotopic (exact) mass is 219 g/mol. The van der Waals surface area contributed by atoms with Gasteiger partial charge in [-0.2, -0.15) is 0 Å². The van der Waals surface area contributed by atoms with Gasteiger partial charge in [-0.05, 0) is 31.2 Å². The van der Waals surface area contributed by atoms with Crippen molar-refractivity contribution in [2.24, 2.45) is 11.7 Å². The van der Waals surface area contributed by atoms with E-state index in [2.05, 4.69) is 0 Å². The highest BCUT2D eigenvalue weighted by molar-refractivity contribution is 5.81. The minimum absolute atomic E-state index is 0.293. The summed E-state index contributed by atoms with van der Waals surface area (Å²) in [6.07, 6.45) is 2.07. The Morgan fingerprint density at radius 3 is 2.62 bits per heavy atom. The minimum atomic E-state index is -0.811. The van der Waals surface area contributed by atoms with Gasteiger partial charge in [-0.25, -0.2) is 0 Å². The molecule has 1 atom stereocenters. The third-order valence-corrected chi connectivity index (χ3v) is 3.08. The number of benzene rings is 1. The molecule has 0 saturated heterocycles. The molecule has 0 bridgehead atoms. The molecule has 1 aromatic rings. The van der Waals surface area contributed by atoms with Gasteiger partial charge in [0.15, 0.2) is 0 Å². The largest absolute Gasteiger partial charge is 0.459 e. The van der Waals surface area contributed by atoms with Gasteiger partial charge in [-0.3, -0.25) is 4.79 Å². The lowest BCUT2D eigenvalue weighted by Gasteiger charge is -2.21. The van der Waals surface area contributed by atoms with Crippen LogP contribution >= 0.6 is 0 Å². The van der Waals surface area contributed by atoms with Gasteiger partial charge in [0.05, 0.1) is 0 Å². The van der Waals surface area contributed by atoms with E-state index in [4.69, 9.17) is 10.5 Å². The molecule has 2 N–H and O–H groups in total. The smallest absolute Gasteiger partial charge is 0.326 e. The van der Waals surface area contributed by atoms with Crippen LogP contribution in [0.25, 0.3) is 0 Å². The average molecular weight is 219 g/mol. The highest BCUT2D eigenvalue weighted by Crippen LogP contribution is 2.38. The van der Waals surface area contributed by atoms with Gasteiger partial charge in [-0.15, -0.1) is 0 Å². The molecule has 1 aliphatic carbocycles. The van der Waals surface area contributed by atoms with Crippen molar-refractivity contribution in [2.45, 2.75) is 31.9 Å². The summed E-state index contributed by atoms with van der Waals surface area (Å²) in [6, 6.07) is 9.64. The number of rotatable bonds is 4. The Balaban J connectivity index is 1.88. The number of hydrogen-bond donors (Lipinski definition) is 1. The zero-order chi connectivity index (χ0) is 11.6. The molecule has 1 saturated carbocycles. The van der Waals surface area contributed by atoms with Crippen molar-refractivity contribution < 1.29 is 9.53 Å². The molecule has 0 radical (unpaired) electrons. The molecule has 3 heteroatoms. The van der Waals surface area contributed by atoms with Crippen LogP contribution in [0, 0.1) is 5.92 Å². The van der Waals surface area contributed by atoms with Gasteiger partial charge >= 0.3 is 5.97 Å². The van der Waals surface area contributed by atoms with Crippen molar-refractivity contribution in [3.63, 3.8) is 0 Å². The molecule has 1 unspecified atom stereocenters. The maximum atomic E-state index is 11.8. The molecule has 1 fully saturated rings. The van der Waals surface area contributed by atoms with E-state index in [1.54, 1.807) is 6.92 Å². The van der Waals surface area contributed by atoms with E-state index in [0.29, 0.717) is 12.5 Å². The maximum absolute atomic E-state index is 11.8. The van der Waals surface area contributed by atoms with E-state index < -0.39 is 5.54 Å². The zero-order valence-electron chi connectivity index (χ0n) is 9.48. The molecule has 1 aliphatic rings. The average Bonchev–Trinajstić information content (AvgIpc) is 3.11. The molecule has 2 rings (SSSR count). The van der Waals surface area contributed by atoms with Crippen molar-refractivity contribution in [3.8, 4) is 0 Å². The first kappa shape index (κ1) is 11.1. The van der Waals surface area contributed by atoms with Gasteiger partial charge in [0.25, 0.3) is 0 Å². The zero-order valence-corrected chi connectivity index (χ0v) is 9.48. The first-order valence-electron chi connectivity index (χ1n) is 5.61. The molecule has 3 nitrogen and oxygen atoms in total. The number of nitrogens with two attached hydrogens (primary N) is 1. The fraction of sp³-hybridized carbons (Fsp3) is 0.462. The molecule has 0 amide bonds. The second-order valence-corrected chi connectivity index (χ2v) is 4.62. The van der Waals surface area contributed by atoms with Crippen LogP contribution in [0.1, 0.15) is 25.3 Å². The Morgan fingerprint density at radius 2 is 2.06 bits per heavy atom. The van der Waals surface area contributed by atoms with E-state index in [1.165, 1.54) is 0 Å². The summed E-state index contributed by atoms with van der Waals surface area (Å²) >= 11 is 0. The van der Waals surface area contributed by atoms with Crippen molar-refractivity contribution >= 4 is 5.97 Å². The lowest BCUT2D eigenvalue weighted by Crippen LogP contribution is -2.48. The second kappa shape index (κ2) is 4.26. The lowest BCUT2D eigenvalue weighted by atomic mass is 9.98. The molecule has 86 valence electrons. The van der Waals surface area contributed by atoms with Crippen LogP contribution in [-0.2, 0) is 16.1 Å². The van der Waals surface area contributed by atoms with Gasteiger partial charge in [-0.1, -0.05) is 30.3 Å². The number of carbonyl (C=O) groups is 1. The van der Waals surface area contributed by atoms with E-state index >= 15 is 0 Å². The first-order chi connectivity index (χ1) is 7.60. The standard InChI is InChI=1S/C13H17NO2/c1-13(14,11-7-8-11)12(15)16-9-10-5-3-2-4-6-10/h2-6,11H,7-9,14H2,1H3. The number of carbonyl (C=O) groups excluding carboxylic acids is 1. The molecule has 16 heavy (non-hydrogen) atoms. The quantitative estimate of drug-likeness (QED) is 0.786. The summed E-state index contributed by atoms with van der Waals surface area (Å²) in [5, 5.41) is 0. The highest BCUT2D eigenvalue weighted by atomic mass is 16.5. The second-order valence-electron chi connectivity index (χ2n) is 4.62. The molecule has 0 aliphatic heterocycles. The molecular formula is C13H17NO2. The predicted molar refractivity (Wildman–Crippen MR) is 61.6 cm³/mol. The van der Waals surface area contributed by atoms with E-state index in [1.807, 2.05) is 30.3 Å². The fourth-order valence-electron chi connectivity index (χ4n) is 1.73. The van der Waals surface area contributed by atoms with Gasteiger partial charge in [0.1, 0.15) is 12.1 Å². The number of esters is 1. The SMILES string of the molecule is CC(N)(C(=O)OCc1ccccc1)C1CC1. The van der Waals surface area contributed by atoms with Crippen LogP contribution < -0.4 is 5.73 Å². The summed E-state index contributed by atoms with van der Waals surface area (Å²) in [7, 11) is 0. The van der Waals surface area contributed by atoms with E-state index in [0.717, 1.165) is 18.4 Å². The van der Waals surface area contributed by atoms with Crippen LogP contribution in [0.4, 0.5) is 0 Å². The van der Waals surface area contributed by atoms with E-state index in [9.17, 15) is 4.79 Å². The fourth-order valence-corrected chi connectivity index (χ4v) is 1.73. The maximum Gasteiger partial charge on any atom is 0.326 e. The predicted octanol–water partition coefficient (Wildman–Crippen LogP) is 1.86. The molecule has 0 aromatic heterocycles. The minimum Gasteiger partial charge on any atom is -0.459 e. The van der Waals surface area contributed by atoms with Gasteiger partial charge in [0, 0.05) is 0 Å². The summed E-state index contributed by atoms with van der Waals surface area (Å²) in [4.78, 5) is 11.8. The third-order valence-electron chi connectivity index (χ3n) is 3.08. The normalized spacial score (nSPS) is 18.9. The van der Waals surface area contributed by atoms with Crippen LogP contribution in [0.3, 0.4) is 0 Å². The first-order valence-corrected chi connectivity index (χ1v) is 5.61. The Labute approximate surface area is 95.6 Å². The summed E-state index contributed by atoms with van der Waals surface area (Å²) < 4.78 is 5.23.